The van der Waals surface area contributed by atoms with Gasteiger partial charge < -0.3 is 10.0 Å². The van der Waals surface area contributed by atoms with Gasteiger partial charge in [0.05, 0.1) is 6.10 Å². The van der Waals surface area contributed by atoms with Crippen molar-refractivity contribution in [2.24, 2.45) is 0 Å². The zero-order valence-electron chi connectivity index (χ0n) is 11.6. The second-order valence-corrected chi connectivity index (χ2v) is 4.74. The topological polar surface area (TPSA) is 23.5 Å². The summed E-state index contributed by atoms with van der Waals surface area (Å²) in [6.07, 6.45) is 1.01. The highest BCUT2D eigenvalue weighted by Gasteiger charge is 2.10. The van der Waals surface area contributed by atoms with E-state index in [1.165, 1.54) is 12.1 Å². The van der Waals surface area contributed by atoms with E-state index in [9.17, 15) is 9.50 Å². The van der Waals surface area contributed by atoms with E-state index in [0.29, 0.717) is 6.42 Å². The monoisotopic (exact) mass is 253 g/mol. The molecule has 2 nitrogen and oxygen atoms in total. The molecular formula is C15H24FNO. The first kappa shape index (κ1) is 15.1. The third-order valence-electron chi connectivity index (χ3n) is 3.43. The number of nitrogens with zero attached hydrogens (tertiary/aromatic N) is 1. The van der Waals surface area contributed by atoms with Gasteiger partial charge in [0.25, 0.3) is 0 Å². The molecule has 0 fully saturated rings. The Morgan fingerprint density at radius 1 is 1.28 bits per heavy atom. The fraction of sp³-hybridized carbons (Fsp3) is 0.600. The fourth-order valence-corrected chi connectivity index (χ4v) is 2.12. The minimum atomic E-state index is -0.352. The molecule has 3 heteroatoms. The average molecular weight is 253 g/mol. The first-order valence-electron chi connectivity index (χ1n) is 6.72. The van der Waals surface area contributed by atoms with Gasteiger partial charge in [-0.25, -0.2) is 4.39 Å². The number of aliphatic hydroxyl groups excluding tert-OH is 1. The van der Waals surface area contributed by atoms with Crippen LogP contribution in [0.2, 0.25) is 0 Å². The molecule has 1 unspecified atom stereocenters. The molecule has 0 radical (unpaired) electrons. The minimum Gasteiger partial charge on any atom is -0.393 e. The Morgan fingerprint density at radius 3 is 2.50 bits per heavy atom. The Balaban J connectivity index is 2.46. The van der Waals surface area contributed by atoms with Crippen molar-refractivity contribution in [3.8, 4) is 0 Å². The van der Waals surface area contributed by atoms with Crippen molar-refractivity contribution < 1.29 is 9.50 Å². The van der Waals surface area contributed by atoms with Crippen LogP contribution >= 0.6 is 0 Å². The molecule has 0 bridgehead atoms. The molecule has 0 aliphatic rings. The van der Waals surface area contributed by atoms with Crippen LogP contribution < -0.4 is 0 Å². The fourth-order valence-electron chi connectivity index (χ4n) is 2.12. The van der Waals surface area contributed by atoms with Crippen LogP contribution in [0, 0.1) is 12.7 Å². The molecule has 0 saturated carbocycles. The van der Waals surface area contributed by atoms with Crippen molar-refractivity contribution in [1.29, 1.82) is 0 Å². The van der Waals surface area contributed by atoms with Crippen LogP contribution in [-0.4, -0.2) is 35.7 Å². The molecule has 1 aromatic carbocycles. The van der Waals surface area contributed by atoms with Crippen molar-refractivity contribution in [3.63, 3.8) is 0 Å². The van der Waals surface area contributed by atoms with Crippen LogP contribution in [0.1, 0.15) is 31.4 Å². The number of hydrogen-bond donors (Lipinski definition) is 1. The first-order valence-corrected chi connectivity index (χ1v) is 6.72. The maximum atomic E-state index is 13.0. The lowest BCUT2D eigenvalue weighted by molar-refractivity contribution is 0.143. The number of aliphatic hydroxyl groups is 1. The molecule has 0 amide bonds. The normalized spacial score (nSPS) is 13.0. The smallest absolute Gasteiger partial charge is 0.123 e. The SMILES string of the molecule is CCN(CC)CCC(O)Cc1ccc(F)cc1C. The maximum absolute atomic E-state index is 13.0. The van der Waals surface area contributed by atoms with Crippen molar-refractivity contribution in [3.05, 3.63) is 35.1 Å². The van der Waals surface area contributed by atoms with Gasteiger partial charge in [-0.2, -0.15) is 0 Å². The lowest BCUT2D eigenvalue weighted by Crippen LogP contribution is -2.27. The van der Waals surface area contributed by atoms with Gasteiger partial charge in [0, 0.05) is 6.54 Å². The predicted octanol–water partition coefficient (Wildman–Crippen LogP) is 2.77. The average Bonchev–Trinajstić information content (AvgIpc) is 2.34. The van der Waals surface area contributed by atoms with Crippen LogP contribution in [0.3, 0.4) is 0 Å². The second kappa shape index (κ2) is 7.49. The Morgan fingerprint density at radius 2 is 1.94 bits per heavy atom. The highest BCUT2D eigenvalue weighted by atomic mass is 19.1. The summed E-state index contributed by atoms with van der Waals surface area (Å²) >= 11 is 0. The molecular weight excluding hydrogens is 229 g/mol. The van der Waals surface area contributed by atoms with Gasteiger partial charge in [-0.15, -0.1) is 0 Å². The van der Waals surface area contributed by atoms with Crippen molar-refractivity contribution in [1.82, 2.24) is 4.90 Å². The highest BCUT2D eigenvalue weighted by Crippen LogP contribution is 2.13. The van der Waals surface area contributed by atoms with Crippen LogP contribution in [0.5, 0.6) is 0 Å². The number of benzene rings is 1. The molecule has 0 heterocycles. The summed E-state index contributed by atoms with van der Waals surface area (Å²) in [7, 11) is 0. The van der Waals surface area contributed by atoms with Gasteiger partial charge in [-0.1, -0.05) is 19.9 Å². The molecule has 0 aliphatic heterocycles. The van der Waals surface area contributed by atoms with Crippen molar-refractivity contribution in [2.45, 2.75) is 39.7 Å². The van der Waals surface area contributed by atoms with E-state index in [0.717, 1.165) is 37.2 Å². The summed E-state index contributed by atoms with van der Waals surface area (Å²) in [6, 6.07) is 4.75. The van der Waals surface area contributed by atoms with Gasteiger partial charge in [-0.05, 0) is 56.1 Å². The summed E-state index contributed by atoms with van der Waals surface area (Å²) in [5.41, 5.74) is 1.94. The van der Waals surface area contributed by atoms with E-state index in [4.69, 9.17) is 0 Å². The molecule has 102 valence electrons. The Labute approximate surface area is 109 Å². The lowest BCUT2D eigenvalue weighted by atomic mass is 10.0. The maximum Gasteiger partial charge on any atom is 0.123 e. The molecule has 1 N–H and O–H groups in total. The van der Waals surface area contributed by atoms with Crippen molar-refractivity contribution >= 4 is 0 Å². The molecule has 1 aromatic rings. The van der Waals surface area contributed by atoms with E-state index >= 15 is 0 Å². The van der Waals surface area contributed by atoms with E-state index in [-0.39, 0.29) is 11.9 Å². The zero-order valence-corrected chi connectivity index (χ0v) is 11.6. The van der Waals surface area contributed by atoms with E-state index in [1.807, 2.05) is 6.92 Å². The molecule has 0 aliphatic carbocycles. The van der Waals surface area contributed by atoms with Crippen LogP contribution in [0.4, 0.5) is 4.39 Å². The van der Waals surface area contributed by atoms with Crippen LogP contribution in [0.15, 0.2) is 18.2 Å². The number of rotatable bonds is 7. The summed E-state index contributed by atoms with van der Waals surface area (Å²) in [5.74, 6) is -0.214. The molecule has 0 aromatic heterocycles. The van der Waals surface area contributed by atoms with Crippen molar-refractivity contribution in [2.75, 3.05) is 19.6 Å². The number of halogens is 1. The molecule has 1 rings (SSSR count). The second-order valence-electron chi connectivity index (χ2n) is 4.74. The zero-order chi connectivity index (χ0) is 13.5. The third kappa shape index (κ3) is 4.75. The summed E-state index contributed by atoms with van der Waals surface area (Å²) in [4.78, 5) is 2.29. The third-order valence-corrected chi connectivity index (χ3v) is 3.43. The minimum absolute atomic E-state index is 0.214. The van der Waals surface area contributed by atoms with Gasteiger partial charge >= 0.3 is 0 Å². The quantitative estimate of drug-likeness (QED) is 0.807. The standard InChI is InChI=1S/C15H24FNO/c1-4-17(5-2)9-8-15(18)11-13-6-7-14(16)10-12(13)3/h6-7,10,15,18H,4-5,8-9,11H2,1-3H3. The highest BCUT2D eigenvalue weighted by molar-refractivity contribution is 5.27. The number of aryl methyl sites for hydroxylation is 1. The molecule has 1 atom stereocenters. The van der Waals surface area contributed by atoms with Gasteiger partial charge in [0.2, 0.25) is 0 Å². The van der Waals surface area contributed by atoms with E-state index in [1.54, 1.807) is 6.07 Å². The van der Waals surface area contributed by atoms with Gasteiger partial charge in [-0.3, -0.25) is 0 Å². The van der Waals surface area contributed by atoms with E-state index in [2.05, 4.69) is 18.7 Å². The Hall–Kier alpha value is -0.930. The molecule has 0 spiro atoms. The van der Waals surface area contributed by atoms with E-state index < -0.39 is 0 Å². The van der Waals surface area contributed by atoms with Gasteiger partial charge in [0.15, 0.2) is 0 Å². The lowest BCUT2D eigenvalue weighted by Gasteiger charge is -2.20. The molecule has 18 heavy (non-hydrogen) atoms. The summed E-state index contributed by atoms with van der Waals surface area (Å²) in [5, 5.41) is 10.0. The van der Waals surface area contributed by atoms with Gasteiger partial charge in [0.1, 0.15) is 5.82 Å². The summed E-state index contributed by atoms with van der Waals surface area (Å²) in [6.45, 7) is 9.07. The van der Waals surface area contributed by atoms with Crippen LogP contribution in [-0.2, 0) is 6.42 Å². The van der Waals surface area contributed by atoms with Crippen LogP contribution in [0.25, 0.3) is 0 Å². The largest absolute Gasteiger partial charge is 0.393 e. The summed E-state index contributed by atoms with van der Waals surface area (Å²) < 4.78 is 13.0. The predicted molar refractivity (Wildman–Crippen MR) is 73.3 cm³/mol. The molecule has 0 saturated heterocycles. The Kier molecular flexibility index (Phi) is 6.30. The first-order chi connectivity index (χ1) is 8.56. The Bertz CT molecular complexity index is 364. The number of hydrogen-bond acceptors (Lipinski definition) is 2.